The molecular weight excluding hydrogens is 316 g/mol. The summed E-state index contributed by atoms with van der Waals surface area (Å²) >= 11 is 9.97. The Balaban J connectivity index is 2.46. The smallest absolute Gasteiger partial charge is 0.126 e. The molecule has 1 unspecified atom stereocenters. The summed E-state index contributed by atoms with van der Waals surface area (Å²) in [6.45, 7) is 3.91. The number of rotatable bonds is 3. The molecule has 1 atom stereocenters. The molecule has 2 aromatic rings. The molecule has 1 aromatic carbocycles. The van der Waals surface area contributed by atoms with E-state index in [1.54, 1.807) is 7.11 Å². The van der Waals surface area contributed by atoms with E-state index in [0.29, 0.717) is 0 Å². The molecule has 0 aliphatic rings. The summed E-state index contributed by atoms with van der Waals surface area (Å²) < 4.78 is 12.0. The van der Waals surface area contributed by atoms with Gasteiger partial charge in [-0.1, -0.05) is 15.9 Å². The van der Waals surface area contributed by atoms with Crippen LogP contribution < -0.4 is 4.74 Å². The Kier molecular flexibility index (Phi) is 4.03. The molecule has 2 rings (SSSR count). The van der Waals surface area contributed by atoms with Gasteiger partial charge in [0.2, 0.25) is 0 Å². The standard InChI is InChI=1S/C14H14BrClO2/c1-8-6-13(17-3)10(7-11(8)15)14(16)12-5-4-9(2)18-12/h4-7,14H,1-3H3. The average Bonchev–Trinajstić information content (AvgIpc) is 2.78. The average molecular weight is 330 g/mol. The fourth-order valence-corrected chi connectivity index (χ4v) is 2.44. The van der Waals surface area contributed by atoms with Crippen LogP contribution in [0.3, 0.4) is 0 Å². The molecule has 4 heteroatoms. The Morgan fingerprint density at radius 1 is 1.28 bits per heavy atom. The lowest BCUT2D eigenvalue weighted by Gasteiger charge is -2.14. The van der Waals surface area contributed by atoms with Gasteiger partial charge in [0, 0.05) is 10.0 Å². The van der Waals surface area contributed by atoms with Crippen LogP contribution in [0.4, 0.5) is 0 Å². The molecule has 0 aliphatic heterocycles. The Labute approximate surface area is 120 Å². The third-order valence-electron chi connectivity index (χ3n) is 2.79. The summed E-state index contributed by atoms with van der Waals surface area (Å²) in [7, 11) is 1.64. The van der Waals surface area contributed by atoms with E-state index in [1.165, 1.54) is 0 Å². The molecule has 2 nitrogen and oxygen atoms in total. The van der Waals surface area contributed by atoms with Gasteiger partial charge >= 0.3 is 0 Å². The molecule has 1 heterocycles. The van der Waals surface area contributed by atoms with E-state index >= 15 is 0 Å². The van der Waals surface area contributed by atoms with Crippen molar-refractivity contribution >= 4 is 27.5 Å². The minimum absolute atomic E-state index is 0.356. The van der Waals surface area contributed by atoms with Crippen molar-refractivity contribution in [3.05, 3.63) is 51.4 Å². The first-order chi connectivity index (χ1) is 8.52. The number of benzene rings is 1. The van der Waals surface area contributed by atoms with Crippen LogP contribution in [-0.4, -0.2) is 7.11 Å². The first kappa shape index (κ1) is 13.5. The van der Waals surface area contributed by atoms with E-state index in [4.69, 9.17) is 20.8 Å². The monoisotopic (exact) mass is 328 g/mol. The number of methoxy groups -OCH3 is 1. The van der Waals surface area contributed by atoms with Gasteiger partial charge in [-0.05, 0) is 43.7 Å². The van der Waals surface area contributed by atoms with Gasteiger partial charge in [-0.15, -0.1) is 11.6 Å². The Morgan fingerprint density at radius 2 is 2.00 bits per heavy atom. The number of aryl methyl sites for hydroxylation is 2. The van der Waals surface area contributed by atoms with Crippen molar-refractivity contribution in [2.45, 2.75) is 19.2 Å². The SMILES string of the molecule is COc1cc(C)c(Br)cc1C(Cl)c1ccc(C)o1. The topological polar surface area (TPSA) is 22.4 Å². The van der Waals surface area contributed by atoms with Crippen molar-refractivity contribution in [1.29, 1.82) is 0 Å². The highest BCUT2D eigenvalue weighted by molar-refractivity contribution is 9.10. The highest BCUT2D eigenvalue weighted by atomic mass is 79.9. The zero-order valence-electron chi connectivity index (χ0n) is 10.5. The van der Waals surface area contributed by atoms with Crippen molar-refractivity contribution in [1.82, 2.24) is 0 Å². The summed E-state index contributed by atoms with van der Waals surface area (Å²) in [5, 5.41) is -0.356. The second kappa shape index (κ2) is 5.37. The van der Waals surface area contributed by atoms with E-state index in [2.05, 4.69) is 15.9 Å². The lowest BCUT2D eigenvalue weighted by Crippen LogP contribution is -1.97. The normalized spacial score (nSPS) is 12.5. The molecule has 0 saturated carbocycles. The number of hydrogen-bond acceptors (Lipinski definition) is 2. The second-order valence-electron chi connectivity index (χ2n) is 4.15. The van der Waals surface area contributed by atoms with Gasteiger partial charge in [0.25, 0.3) is 0 Å². The van der Waals surface area contributed by atoms with Gasteiger partial charge in [0.05, 0.1) is 7.11 Å². The van der Waals surface area contributed by atoms with Crippen LogP contribution in [0.5, 0.6) is 5.75 Å². The van der Waals surface area contributed by atoms with Crippen LogP contribution in [0.25, 0.3) is 0 Å². The fraction of sp³-hybridized carbons (Fsp3) is 0.286. The number of halogens is 2. The summed E-state index contributed by atoms with van der Waals surface area (Å²) in [6, 6.07) is 7.73. The van der Waals surface area contributed by atoms with Crippen molar-refractivity contribution < 1.29 is 9.15 Å². The second-order valence-corrected chi connectivity index (χ2v) is 5.45. The molecule has 0 saturated heterocycles. The van der Waals surface area contributed by atoms with Crippen LogP contribution in [-0.2, 0) is 0 Å². The number of ether oxygens (including phenoxy) is 1. The fourth-order valence-electron chi connectivity index (χ4n) is 1.79. The van der Waals surface area contributed by atoms with Crippen LogP contribution in [0.1, 0.15) is 28.0 Å². The molecule has 18 heavy (non-hydrogen) atoms. The van der Waals surface area contributed by atoms with Gasteiger partial charge < -0.3 is 9.15 Å². The molecule has 96 valence electrons. The quantitative estimate of drug-likeness (QED) is 0.740. The lowest BCUT2D eigenvalue weighted by molar-refractivity contribution is 0.406. The summed E-state index contributed by atoms with van der Waals surface area (Å²) in [5.41, 5.74) is 2.00. The minimum Gasteiger partial charge on any atom is -0.496 e. The van der Waals surface area contributed by atoms with E-state index in [-0.39, 0.29) is 5.38 Å². The third kappa shape index (κ3) is 2.57. The van der Waals surface area contributed by atoms with Gasteiger partial charge in [-0.3, -0.25) is 0 Å². The van der Waals surface area contributed by atoms with E-state index < -0.39 is 0 Å². The zero-order valence-corrected chi connectivity index (χ0v) is 12.8. The highest BCUT2D eigenvalue weighted by Gasteiger charge is 2.20. The molecule has 1 aromatic heterocycles. The molecule has 0 fully saturated rings. The Hall–Kier alpha value is -0.930. The van der Waals surface area contributed by atoms with E-state index in [0.717, 1.165) is 32.9 Å². The van der Waals surface area contributed by atoms with Crippen LogP contribution in [0.15, 0.2) is 33.2 Å². The predicted molar refractivity (Wildman–Crippen MR) is 76.6 cm³/mol. The lowest BCUT2D eigenvalue weighted by atomic mass is 10.1. The molecule has 0 amide bonds. The van der Waals surface area contributed by atoms with Crippen molar-refractivity contribution in [2.75, 3.05) is 7.11 Å². The largest absolute Gasteiger partial charge is 0.496 e. The molecular formula is C14H14BrClO2. The van der Waals surface area contributed by atoms with E-state index in [9.17, 15) is 0 Å². The van der Waals surface area contributed by atoms with Gasteiger partial charge in [-0.2, -0.15) is 0 Å². The van der Waals surface area contributed by atoms with Crippen molar-refractivity contribution in [3.63, 3.8) is 0 Å². The molecule has 0 bridgehead atoms. The molecule has 0 N–H and O–H groups in total. The number of alkyl halides is 1. The third-order valence-corrected chi connectivity index (χ3v) is 4.10. The minimum atomic E-state index is -0.356. The van der Waals surface area contributed by atoms with Gasteiger partial charge in [-0.25, -0.2) is 0 Å². The summed E-state index contributed by atoms with van der Waals surface area (Å²) in [5.74, 6) is 2.34. The molecule has 0 radical (unpaired) electrons. The van der Waals surface area contributed by atoms with Crippen LogP contribution in [0, 0.1) is 13.8 Å². The molecule has 0 spiro atoms. The zero-order chi connectivity index (χ0) is 13.3. The highest BCUT2D eigenvalue weighted by Crippen LogP contribution is 2.38. The maximum atomic E-state index is 6.46. The summed E-state index contributed by atoms with van der Waals surface area (Å²) in [4.78, 5) is 0. The maximum Gasteiger partial charge on any atom is 0.126 e. The Bertz CT molecular complexity index is 563. The maximum absolute atomic E-state index is 6.46. The molecule has 0 aliphatic carbocycles. The number of hydrogen-bond donors (Lipinski definition) is 0. The van der Waals surface area contributed by atoms with Gasteiger partial charge in [0.1, 0.15) is 22.6 Å². The van der Waals surface area contributed by atoms with Crippen molar-refractivity contribution in [2.24, 2.45) is 0 Å². The van der Waals surface area contributed by atoms with Crippen LogP contribution >= 0.6 is 27.5 Å². The first-order valence-corrected chi connectivity index (χ1v) is 6.80. The van der Waals surface area contributed by atoms with Crippen molar-refractivity contribution in [3.8, 4) is 5.75 Å². The number of furan rings is 1. The summed E-state index contributed by atoms with van der Waals surface area (Å²) in [6.07, 6.45) is 0. The predicted octanol–water partition coefficient (Wildman–Crippen LogP) is 5.00. The first-order valence-electron chi connectivity index (χ1n) is 5.57. The Morgan fingerprint density at radius 3 is 2.56 bits per heavy atom. The van der Waals surface area contributed by atoms with E-state index in [1.807, 2.05) is 38.1 Å². The van der Waals surface area contributed by atoms with Gasteiger partial charge in [0.15, 0.2) is 0 Å². The van der Waals surface area contributed by atoms with Crippen LogP contribution in [0.2, 0.25) is 0 Å².